The Labute approximate surface area is 59.0 Å². The van der Waals surface area contributed by atoms with E-state index in [1.807, 2.05) is 6.08 Å². The van der Waals surface area contributed by atoms with Crippen molar-refractivity contribution in [2.24, 2.45) is 10.9 Å². The summed E-state index contributed by atoms with van der Waals surface area (Å²) in [7, 11) is 0. The number of nitrogens with zero attached hydrogens (tertiary/aromatic N) is 1. The summed E-state index contributed by atoms with van der Waals surface area (Å²) in [6.07, 6.45) is 7.80. The van der Waals surface area contributed by atoms with Crippen molar-refractivity contribution in [1.29, 1.82) is 0 Å². The average molecular weight is 133 g/mol. The van der Waals surface area contributed by atoms with Crippen molar-refractivity contribution < 1.29 is 4.79 Å². The molecule has 1 saturated carbocycles. The van der Waals surface area contributed by atoms with Gasteiger partial charge in [0.25, 0.3) is 0 Å². The van der Waals surface area contributed by atoms with Gasteiger partial charge in [0.05, 0.1) is 5.70 Å². The molecule has 2 aliphatic carbocycles. The molecule has 0 bridgehead atoms. The summed E-state index contributed by atoms with van der Waals surface area (Å²) in [5.41, 5.74) is 2.19. The van der Waals surface area contributed by atoms with Crippen molar-refractivity contribution in [3.63, 3.8) is 0 Å². The fourth-order valence-electron chi connectivity index (χ4n) is 1.36. The second-order valence-corrected chi connectivity index (χ2v) is 2.65. The van der Waals surface area contributed by atoms with Gasteiger partial charge in [-0.3, -0.25) is 0 Å². The normalized spacial score (nSPS) is 27.4. The van der Waals surface area contributed by atoms with Crippen LogP contribution >= 0.6 is 0 Å². The number of fused-ring (bicyclic) bond motifs is 1. The molecule has 1 atom stereocenters. The number of hydrogen-bond acceptors (Lipinski definition) is 2. The van der Waals surface area contributed by atoms with Crippen LogP contribution in [0.5, 0.6) is 0 Å². The Balaban J connectivity index is 2.34. The van der Waals surface area contributed by atoms with Crippen LogP contribution in [0, 0.1) is 5.92 Å². The Morgan fingerprint density at radius 3 is 3.40 bits per heavy atom. The number of rotatable bonds is 1. The van der Waals surface area contributed by atoms with Crippen LogP contribution in [0.25, 0.3) is 0 Å². The Hall–Kier alpha value is -1.14. The molecule has 0 heterocycles. The Kier molecular flexibility index (Phi) is 1.08. The molecule has 0 spiro atoms. The average Bonchev–Trinajstić information content (AvgIpc) is 2.67. The van der Waals surface area contributed by atoms with Gasteiger partial charge in [0.1, 0.15) is 0 Å². The van der Waals surface area contributed by atoms with Gasteiger partial charge in [-0.1, -0.05) is 6.08 Å². The molecule has 0 aromatic heterocycles. The molecule has 2 nitrogen and oxygen atoms in total. The molecule has 1 unspecified atom stereocenters. The third-order valence-corrected chi connectivity index (χ3v) is 1.99. The maximum absolute atomic E-state index is 9.88. The van der Waals surface area contributed by atoms with Crippen LogP contribution in [-0.2, 0) is 4.79 Å². The predicted octanol–water partition coefficient (Wildman–Crippen LogP) is 1.56. The number of allylic oxidation sites excluding steroid dienone is 3. The predicted molar refractivity (Wildman–Crippen MR) is 37.0 cm³/mol. The van der Waals surface area contributed by atoms with E-state index in [0.29, 0.717) is 5.92 Å². The van der Waals surface area contributed by atoms with Gasteiger partial charge in [-0.05, 0) is 30.4 Å². The molecule has 0 aromatic carbocycles. The number of aliphatic imine (C=N–C) groups is 1. The first-order chi connectivity index (χ1) is 4.92. The molecule has 0 saturated heterocycles. The molecule has 2 heteroatoms. The van der Waals surface area contributed by atoms with Gasteiger partial charge in [0.15, 0.2) is 0 Å². The van der Waals surface area contributed by atoms with Crippen LogP contribution in [-0.4, -0.2) is 6.08 Å². The number of isocyanates is 1. The fraction of sp³-hybridized carbons (Fsp3) is 0.375. The minimum Gasteiger partial charge on any atom is -0.211 e. The maximum Gasteiger partial charge on any atom is 0.240 e. The molecule has 0 radical (unpaired) electrons. The zero-order valence-corrected chi connectivity index (χ0v) is 5.50. The van der Waals surface area contributed by atoms with Gasteiger partial charge < -0.3 is 0 Å². The molecule has 2 aliphatic rings. The molecule has 2 rings (SSSR count). The summed E-state index contributed by atoms with van der Waals surface area (Å²) in [5, 5.41) is 0. The Morgan fingerprint density at radius 2 is 2.60 bits per heavy atom. The minimum absolute atomic E-state index is 0.706. The molecule has 1 fully saturated rings. The molecule has 0 amide bonds. The first-order valence-electron chi connectivity index (χ1n) is 3.39. The summed E-state index contributed by atoms with van der Waals surface area (Å²) in [6, 6.07) is 0. The summed E-state index contributed by atoms with van der Waals surface area (Å²) in [6.45, 7) is 0. The van der Waals surface area contributed by atoms with Crippen LogP contribution in [0.3, 0.4) is 0 Å². The Morgan fingerprint density at radius 1 is 1.70 bits per heavy atom. The lowest BCUT2D eigenvalue weighted by Gasteiger charge is -1.95. The van der Waals surface area contributed by atoms with E-state index in [1.165, 1.54) is 5.57 Å². The molecule has 10 heavy (non-hydrogen) atoms. The van der Waals surface area contributed by atoms with Gasteiger partial charge in [-0.25, -0.2) is 4.79 Å². The Bertz CT molecular complexity index is 269. The number of carbonyl (C=O) groups excluding carboxylic acids is 1. The molecule has 0 N–H and O–H groups in total. The third kappa shape index (κ3) is 0.739. The molecule has 50 valence electrons. The second kappa shape index (κ2) is 1.93. The lowest BCUT2D eigenvalue weighted by Crippen LogP contribution is -1.81. The van der Waals surface area contributed by atoms with Crippen molar-refractivity contribution in [3.05, 3.63) is 23.4 Å². The van der Waals surface area contributed by atoms with Crippen molar-refractivity contribution in [2.45, 2.75) is 12.8 Å². The van der Waals surface area contributed by atoms with Gasteiger partial charge >= 0.3 is 0 Å². The van der Waals surface area contributed by atoms with Crippen molar-refractivity contribution in [1.82, 2.24) is 0 Å². The van der Waals surface area contributed by atoms with Crippen LogP contribution in [0.4, 0.5) is 0 Å². The lowest BCUT2D eigenvalue weighted by atomic mass is 10.1. The first-order valence-corrected chi connectivity index (χ1v) is 3.39. The van der Waals surface area contributed by atoms with Gasteiger partial charge in [0, 0.05) is 0 Å². The van der Waals surface area contributed by atoms with Crippen LogP contribution in [0.2, 0.25) is 0 Å². The van der Waals surface area contributed by atoms with Gasteiger partial charge in [-0.15, -0.1) is 0 Å². The van der Waals surface area contributed by atoms with E-state index in [1.54, 1.807) is 6.08 Å². The maximum atomic E-state index is 9.88. The molecule has 0 aromatic rings. The molecular formula is C8H7NO. The summed E-state index contributed by atoms with van der Waals surface area (Å²) in [5.74, 6) is 0.706. The minimum atomic E-state index is 0.706. The summed E-state index contributed by atoms with van der Waals surface area (Å²) < 4.78 is 0. The van der Waals surface area contributed by atoms with Crippen molar-refractivity contribution in [3.8, 4) is 0 Å². The van der Waals surface area contributed by atoms with Crippen LogP contribution in [0.15, 0.2) is 28.4 Å². The van der Waals surface area contributed by atoms with E-state index in [0.717, 1.165) is 18.5 Å². The highest BCUT2D eigenvalue weighted by Gasteiger charge is 2.33. The van der Waals surface area contributed by atoms with Crippen LogP contribution < -0.4 is 0 Å². The summed E-state index contributed by atoms with van der Waals surface area (Å²) >= 11 is 0. The van der Waals surface area contributed by atoms with E-state index >= 15 is 0 Å². The molecule has 0 aliphatic heterocycles. The highest BCUT2D eigenvalue weighted by atomic mass is 16.1. The third-order valence-electron chi connectivity index (χ3n) is 1.99. The lowest BCUT2D eigenvalue weighted by molar-refractivity contribution is 0.564. The first kappa shape index (κ1) is 5.63. The monoisotopic (exact) mass is 133 g/mol. The van der Waals surface area contributed by atoms with Crippen LogP contribution in [0.1, 0.15) is 12.8 Å². The van der Waals surface area contributed by atoms with Crippen molar-refractivity contribution >= 4 is 6.08 Å². The van der Waals surface area contributed by atoms with Gasteiger partial charge in [-0.2, -0.15) is 4.99 Å². The van der Waals surface area contributed by atoms with E-state index < -0.39 is 0 Å². The largest absolute Gasteiger partial charge is 0.240 e. The van der Waals surface area contributed by atoms with E-state index in [-0.39, 0.29) is 0 Å². The highest BCUT2D eigenvalue weighted by Crippen LogP contribution is 2.46. The second-order valence-electron chi connectivity index (χ2n) is 2.65. The smallest absolute Gasteiger partial charge is 0.211 e. The highest BCUT2D eigenvalue weighted by molar-refractivity contribution is 5.47. The van der Waals surface area contributed by atoms with Crippen molar-refractivity contribution in [2.75, 3.05) is 0 Å². The summed E-state index contributed by atoms with van der Waals surface area (Å²) in [4.78, 5) is 13.5. The number of hydrogen-bond donors (Lipinski definition) is 0. The van der Waals surface area contributed by atoms with E-state index in [4.69, 9.17) is 0 Å². The van der Waals surface area contributed by atoms with Gasteiger partial charge in [0.2, 0.25) is 6.08 Å². The fourth-order valence-corrected chi connectivity index (χ4v) is 1.36. The standard InChI is InChI=1S/C8H7NO/c10-5-9-8-3-1-2-6-4-7(6)8/h1,3,6H,2,4H2. The topological polar surface area (TPSA) is 29.4 Å². The quantitative estimate of drug-likeness (QED) is 0.394. The molecular weight excluding hydrogens is 126 g/mol. The van der Waals surface area contributed by atoms with E-state index in [9.17, 15) is 4.79 Å². The van der Waals surface area contributed by atoms with E-state index in [2.05, 4.69) is 11.1 Å². The SMILES string of the molecule is O=C=NC1=C2CC2CC=C1. The zero-order chi connectivity index (χ0) is 6.97. The zero-order valence-electron chi connectivity index (χ0n) is 5.50.